The van der Waals surface area contributed by atoms with Gasteiger partial charge in [-0.25, -0.2) is 0 Å². The Labute approximate surface area is 385 Å². The fourth-order valence-electron chi connectivity index (χ4n) is 10.5. The minimum absolute atomic E-state index is 1.13. The number of nitrogens with zero attached hydrogens (tertiary/aromatic N) is 3. The lowest BCUT2D eigenvalue weighted by Crippen LogP contribution is -2.15. The Morgan fingerprint density at radius 2 is 0.677 bits per heavy atom. The highest BCUT2D eigenvalue weighted by atomic mass is 32.2. The first-order valence-electron chi connectivity index (χ1n) is 22.1. The molecule has 0 fully saturated rings. The number of benzene rings is 10. The molecule has 5 heteroatoms. The van der Waals surface area contributed by atoms with Crippen LogP contribution in [0, 0.1) is 0 Å². The Morgan fingerprint density at radius 3 is 1.25 bits per heavy atom. The zero-order chi connectivity index (χ0) is 42.6. The van der Waals surface area contributed by atoms with E-state index >= 15 is 0 Å². The van der Waals surface area contributed by atoms with Crippen LogP contribution in [0.3, 0.4) is 0 Å². The molecule has 14 rings (SSSR count). The fraction of sp³-hybridized carbons (Fsp3) is 0. The van der Waals surface area contributed by atoms with E-state index in [1.807, 2.05) is 23.5 Å². The fourth-order valence-corrected chi connectivity index (χ4v) is 12.6. The van der Waals surface area contributed by atoms with Gasteiger partial charge in [0.25, 0.3) is 0 Å². The SMILES string of the molecule is c1ccc(-n2c3ccccc3c3cc4c(cc32)N(c2ccc3c(c2)-c2ccccc2-c2ccc(N5c6ccccc6Sc6ccccc65)cc2-c2ccccc2-3)c2ccccc2S4)cc1. The van der Waals surface area contributed by atoms with Crippen LogP contribution in [0.2, 0.25) is 0 Å². The van der Waals surface area contributed by atoms with Crippen molar-refractivity contribution in [1.29, 1.82) is 0 Å². The van der Waals surface area contributed by atoms with Gasteiger partial charge in [-0.3, -0.25) is 0 Å². The summed E-state index contributed by atoms with van der Waals surface area (Å²) in [6.45, 7) is 0. The topological polar surface area (TPSA) is 11.4 Å². The van der Waals surface area contributed by atoms with Gasteiger partial charge in [0.2, 0.25) is 0 Å². The molecule has 0 radical (unpaired) electrons. The average Bonchev–Trinajstić information content (AvgIpc) is 3.69. The molecule has 0 bridgehead atoms. The summed E-state index contributed by atoms with van der Waals surface area (Å²) in [6.07, 6.45) is 0. The zero-order valence-electron chi connectivity index (χ0n) is 35.0. The summed E-state index contributed by atoms with van der Waals surface area (Å²) in [6, 6.07) is 83.0. The molecule has 3 aliphatic rings. The molecule has 0 unspecified atom stereocenters. The molecule has 1 aromatic heterocycles. The molecule has 0 amide bonds. The number of anilines is 6. The lowest BCUT2D eigenvalue weighted by molar-refractivity contribution is 1.15. The number of para-hydroxylation sites is 5. The van der Waals surface area contributed by atoms with Gasteiger partial charge in [0.05, 0.1) is 33.8 Å². The van der Waals surface area contributed by atoms with Gasteiger partial charge in [0.15, 0.2) is 0 Å². The van der Waals surface area contributed by atoms with Crippen molar-refractivity contribution in [1.82, 2.24) is 4.57 Å². The average molecular weight is 864 g/mol. The van der Waals surface area contributed by atoms with Crippen molar-refractivity contribution in [2.75, 3.05) is 9.80 Å². The van der Waals surface area contributed by atoms with Crippen LogP contribution in [0.1, 0.15) is 0 Å². The Balaban J connectivity index is 0.978. The van der Waals surface area contributed by atoms with Crippen molar-refractivity contribution in [3.63, 3.8) is 0 Å². The van der Waals surface area contributed by atoms with Gasteiger partial charge in [0, 0.05) is 47.4 Å². The first kappa shape index (κ1) is 36.8. The van der Waals surface area contributed by atoms with Crippen LogP contribution in [0.4, 0.5) is 34.1 Å². The molecule has 0 atom stereocenters. The van der Waals surface area contributed by atoms with Crippen LogP contribution >= 0.6 is 23.5 Å². The largest absolute Gasteiger partial charge is 0.309 e. The molecule has 11 aromatic rings. The van der Waals surface area contributed by atoms with Gasteiger partial charge in [-0.1, -0.05) is 157 Å². The van der Waals surface area contributed by atoms with Crippen molar-refractivity contribution in [2.45, 2.75) is 19.6 Å². The Bertz CT molecular complexity index is 3710. The van der Waals surface area contributed by atoms with Gasteiger partial charge in [-0.2, -0.15) is 0 Å². The summed E-state index contributed by atoms with van der Waals surface area (Å²) in [4.78, 5) is 9.93. The van der Waals surface area contributed by atoms with Crippen LogP contribution < -0.4 is 9.80 Å². The minimum Gasteiger partial charge on any atom is -0.309 e. The molecule has 3 nitrogen and oxygen atoms in total. The molecule has 2 aliphatic heterocycles. The third-order valence-corrected chi connectivity index (χ3v) is 15.5. The maximum Gasteiger partial charge on any atom is 0.0622 e. The number of rotatable bonds is 3. The van der Waals surface area contributed by atoms with E-state index in [0.717, 1.165) is 17.1 Å². The Kier molecular flexibility index (Phi) is 8.15. The summed E-state index contributed by atoms with van der Waals surface area (Å²) >= 11 is 3.71. The van der Waals surface area contributed by atoms with Gasteiger partial charge in [-0.05, 0) is 136 Å². The second kappa shape index (κ2) is 14.4. The van der Waals surface area contributed by atoms with Crippen molar-refractivity contribution in [3.05, 3.63) is 224 Å². The van der Waals surface area contributed by atoms with Crippen molar-refractivity contribution in [2.24, 2.45) is 0 Å². The molecule has 0 N–H and O–H groups in total. The van der Waals surface area contributed by atoms with Crippen molar-refractivity contribution < 1.29 is 0 Å². The maximum atomic E-state index is 2.49. The quantitative estimate of drug-likeness (QED) is 0.175. The molecular formula is C60H37N3S2. The first-order valence-corrected chi connectivity index (χ1v) is 23.7. The molecule has 65 heavy (non-hydrogen) atoms. The van der Waals surface area contributed by atoms with Crippen molar-refractivity contribution in [3.8, 4) is 50.2 Å². The van der Waals surface area contributed by atoms with E-state index in [1.165, 1.54) is 109 Å². The molecule has 0 spiro atoms. The van der Waals surface area contributed by atoms with Gasteiger partial charge in [-0.15, -0.1) is 0 Å². The molecular weight excluding hydrogens is 827 g/mol. The van der Waals surface area contributed by atoms with Gasteiger partial charge < -0.3 is 14.4 Å². The summed E-state index contributed by atoms with van der Waals surface area (Å²) in [5, 5.41) is 2.52. The summed E-state index contributed by atoms with van der Waals surface area (Å²) < 4.78 is 2.42. The number of aromatic nitrogens is 1. The summed E-state index contributed by atoms with van der Waals surface area (Å²) in [7, 11) is 0. The normalized spacial score (nSPS) is 13.0. The highest BCUT2D eigenvalue weighted by molar-refractivity contribution is 8.00. The highest BCUT2D eigenvalue weighted by Crippen LogP contribution is 2.57. The number of hydrogen-bond acceptors (Lipinski definition) is 4. The Hall–Kier alpha value is -7.70. The predicted molar refractivity (Wildman–Crippen MR) is 274 cm³/mol. The predicted octanol–water partition coefficient (Wildman–Crippen LogP) is 17.6. The van der Waals surface area contributed by atoms with E-state index in [2.05, 4.69) is 239 Å². The summed E-state index contributed by atoms with van der Waals surface area (Å²) in [5.74, 6) is 0. The lowest BCUT2D eigenvalue weighted by Gasteiger charge is -2.34. The number of fused-ring (bicyclic) bond motifs is 15. The molecule has 0 saturated heterocycles. The second-order valence-electron chi connectivity index (χ2n) is 16.9. The van der Waals surface area contributed by atoms with E-state index in [1.54, 1.807) is 0 Å². The monoisotopic (exact) mass is 863 g/mol. The van der Waals surface area contributed by atoms with Crippen molar-refractivity contribution >= 4 is 79.5 Å². The third kappa shape index (κ3) is 5.59. The number of hydrogen-bond donors (Lipinski definition) is 0. The van der Waals surface area contributed by atoms with E-state index in [-0.39, 0.29) is 0 Å². The molecule has 3 heterocycles. The van der Waals surface area contributed by atoms with Gasteiger partial charge >= 0.3 is 0 Å². The second-order valence-corrected chi connectivity index (χ2v) is 19.0. The molecule has 1 aliphatic carbocycles. The standard InChI is InChI=1S/C60H37N3S2/c1-2-16-38(17-3-1)61-51-23-9-8-22-47(51)50-36-60-56(37-55(50)61)63(54-26-12-15-29-59(54)65-60)40-31-33-46-41-18-4-6-20-43(41)48-34-39(30-32-45(48)42-19-5-7-21-44(42)49(46)35-40)62-52-24-10-13-27-57(52)64-58-28-14-11-25-53(58)62/h1-37H. The molecule has 10 aromatic carbocycles. The van der Waals surface area contributed by atoms with E-state index in [0.29, 0.717) is 0 Å². The third-order valence-electron chi connectivity index (χ3n) is 13.3. The highest BCUT2D eigenvalue weighted by Gasteiger charge is 2.31. The minimum atomic E-state index is 1.13. The van der Waals surface area contributed by atoms with Crippen LogP contribution in [-0.2, 0) is 0 Å². The van der Waals surface area contributed by atoms with Crippen LogP contribution in [0.5, 0.6) is 0 Å². The molecule has 0 saturated carbocycles. The molecule has 304 valence electrons. The maximum absolute atomic E-state index is 2.49. The summed E-state index contributed by atoms with van der Waals surface area (Å²) in [5.41, 5.74) is 20.4. The van der Waals surface area contributed by atoms with Crippen LogP contribution in [0.15, 0.2) is 244 Å². The van der Waals surface area contributed by atoms with E-state index < -0.39 is 0 Å². The van der Waals surface area contributed by atoms with E-state index in [9.17, 15) is 0 Å². The smallest absolute Gasteiger partial charge is 0.0622 e. The van der Waals surface area contributed by atoms with Crippen LogP contribution in [0.25, 0.3) is 72.0 Å². The Morgan fingerprint density at radius 1 is 0.246 bits per heavy atom. The lowest BCUT2D eigenvalue weighted by atomic mass is 9.80. The van der Waals surface area contributed by atoms with E-state index in [4.69, 9.17) is 0 Å². The first-order chi connectivity index (χ1) is 32.2. The zero-order valence-corrected chi connectivity index (χ0v) is 36.7. The van der Waals surface area contributed by atoms with Crippen LogP contribution in [-0.4, -0.2) is 4.57 Å². The van der Waals surface area contributed by atoms with Gasteiger partial charge in [0.1, 0.15) is 0 Å².